The number of rotatable bonds is 4. The van der Waals surface area contributed by atoms with Gasteiger partial charge in [-0.3, -0.25) is 0 Å². The molecule has 24 heavy (non-hydrogen) atoms. The van der Waals surface area contributed by atoms with Crippen LogP contribution < -0.4 is 5.32 Å². The Labute approximate surface area is 148 Å². The molecule has 1 atom stereocenters. The summed E-state index contributed by atoms with van der Waals surface area (Å²) in [6, 6.07) is 6.33. The van der Waals surface area contributed by atoms with Crippen molar-refractivity contribution in [2.24, 2.45) is 0 Å². The van der Waals surface area contributed by atoms with E-state index in [2.05, 4.69) is 17.6 Å². The number of hydrogen-bond acceptors (Lipinski definition) is 4. The fourth-order valence-corrected chi connectivity index (χ4v) is 5.14. The van der Waals surface area contributed by atoms with Gasteiger partial charge in [0.1, 0.15) is 5.75 Å². The summed E-state index contributed by atoms with van der Waals surface area (Å²) >= 11 is 1.91. The summed E-state index contributed by atoms with van der Waals surface area (Å²) in [7, 11) is 0. The molecule has 128 valence electrons. The van der Waals surface area contributed by atoms with Crippen molar-refractivity contribution in [2.75, 3.05) is 0 Å². The van der Waals surface area contributed by atoms with Gasteiger partial charge in [-0.15, -0.1) is 11.3 Å². The molecule has 3 nitrogen and oxygen atoms in total. The molecule has 1 aromatic heterocycles. The third kappa shape index (κ3) is 3.65. The van der Waals surface area contributed by atoms with E-state index in [0.29, 0.717) is 17.7 Å². The maximum absolute atomic E-state index is 9.59. The van der Waals surface area contributed by atoms with E-state index >= 15 is 0 Å². The maximum atomic E-state index is 9.59. The Morgan fingerprint density at radius 1 is 1.12 bits per heavy atom. The van der Waals surface area contributed by atoms with Crippen LogP contribution in [0.25, 0.3) is 0 Å². The Kier molecular flexibility index (Phi) is 4.86. The largest absolute Gasteiger partial charge is 0.508 e. The summed E-state index contributed by atoms with van der Waals surface area (Å²) in [6.45, 7) is 0.933. The fraction of sp³-hybridized carbons (Fsp3) is 0.550. The average Bonchev–Trinajstić information content (AvgIpc) is 3.10. The quantitative estimate of drug-likeness (QED) is 0.857. The van der Waals surface area contributed by atoms with Gasteiger partial charge in [-0.05, 0) is 55.4 Å². The average molecular weight is 343 g/mol. The third-order valence-electron chi connectivity index (χ3n) is 5.51. The molecule has 1 unspecified atom stereocenters. The molecule has 2 aromatic rings. The lowest BCUT2D eigenvalue weighted by Crippen LogP contribution is -2.33. The van der Waals surface area contributed by atoms with Crippen LogP contribution in [0.3, 0.4) is 0 Å². The molecular weight excluding hydrogens is 316 g/mol. The monoisotopic (exact) mass is 342 g/mol. The lowest BCUT2D eigenvalue weighted by molar-refractivity contribution is 0.442. The van der Waals surface area contributed by atoms with Crippen LogP contribution in [0.4, 0.5) is 0 Å². The number of aryl methyl sites for hydroxylation is 1. The number of nitrogens with zero attached hydrogens (tertiary/aromatic N) is 1. The molecule has 0 spiro atoms. The molecule has 4 rings (SSSR count). The van der Waals surface area contributed by atoms with Crippen molar-refractivity contribution in [2.45, 2.75) is 69.9 Å². The summed E-state index contributed by atoms with van der Waals surface area (Å²) in [6.07, 6.45) is 12.1. The van der Waals surface area contributed by atoms with Crippen molar-refractivity contribution in [3.05, 3.63) is 45.4 Å². The van der Waals surface area contributed by atoms with Crippen molar-refractivity contribution < 1.29 is 5.11 Å². The molecule has 0 aliphatic heterocycles. The smallest absolute Gasteiger partial charge is 0.115 e. The van der Waals surface area contributed by atoms with Gasteiger partial charge < -0.3 is 10.4 Å². The van der Waals surface area contributed by atoms with Crippen molar-refractivity contribution >= 4 is 11.3 Å². The molecule has 1 fully saturated rings. The molecule has 0 saturated heterocycles. The molecule has 1 saturated carbocycles. The highest BCUT2D eigenvalue weighted by Gasteiger charge is 2.20. The van der Waals surface area contributed by atoms with E-state index in [0.717, 1.165) is 25.8 Å². The molecule has 2 aliphatic carbocycles. The van der Waals surface area contributed by atoms with E-state index in [9.17, 15) is 5.11 Å². The van der Waals surface area contributed by atoms with Gasteiger partial charge in [0.15, 0.2) is 0 Å². The van der Waals surface area contributed by atoms with Crippen molar-refractivity contribution in [1.29, 1.82) is 0 Å². The molecule has 0 amide bonds. The number of fused-ring (bicyclic) bond motifs is 1. The van der Waals surface area contributed by atoms with Gasteiger partial charge in [0.25, 0.3) is 0 Å². The number of thiazole rings is 1. The summed E-state index contributed by atoms with van der Waals surface area (Å²) in [5.41, 5.74) is 2.69. The predicted molar refractivity (Wildman–Crippen MR) is 98.7 cm³/mol. The summed E-state index contributed by atoms with van der Waals surface area (Å²) in [5, 5.41) is 14.7. The summed E-state index contributed by atoms with van der Waals surface area (Å²) < 4.78 is 0. The van der Waals surface area contributed by atoms with Crippen LogP contribution in [0, 0.1) is 0 Å². The van der Waals surface area contributed by atoms with E-state index in [4.69, 9.17) is 4.98 Å². The van der Waals surface area contributed by atoms with Gasteiger partial charge in [-0.1, -0.05) is 25.3 Å². The van der Waals surface area contributed by atoms with Gasteiger partial charge in [-0.25, -0.2) is 4.98 Å². The van der Waals surface area contributed by atoms with Crippen LogP contribution in [0.1, 0.15) is 65.5 Å². The molecule has 4 heteroatoms. The van der Waals surface area contributed by atoms with E-state index in [1.807, 2.05) is 17.4 Å². The van der Waals surface area contributed by atoms with E-state index in [-0.39, 0.29) is 0 Å². The first kappa shape index (κ1) is 16.1. The molecule has 0 bridgehead atoms. The highest BCUT2D eigenvalue weighted by atomic mass is 32.1. The van der Waals surface area contributed by atoms with Gasteiger partial charge >= 0.3 is 0 Å². The van der Waals surface area contributed by atoms with Crippen LogP contribution in [0.5, 0.6) is 5.75 Å². The topological polar surface area (TPSA) is 45.1 Å². The molecular formula is C20H26N2OS. The zero-order valence-corrected chi connectivity index (χ0v) is 14.9. The Bertz CT molecular complexity index is 691. The Morgan fingerprint density at radius 2 is 2.00 bits per heavy atom. The van der Waals surface area contributed by atoms with Crippen LogP contribution in [-0.4, -0.2) is 16.1 Å². The minimum absolute atomic E-state index is 0.389. The van der Waals surface area contributed by atoms with E-state index in [1.54, 1.807) is 6.07 Å². The minimum Gasteiger partial charge on any atom is -0.508 e. The van der Waals surface area contributed by atoms with Crippen molar-refractivity contribution in [1.82, 2.24) is 10.3 Å². The normalized spacial score (nSPS) is 21.6. The highest BCUT2D eigenvalue weighted by molar-refractivity contribution is 7.11. The van der Waals surface area contributed by atoms with Crippen LogP contribution >= 0.6 is 11.3 Å². The van der Waals surface area contributed by atoms with Crippen LogP contribution in [-0.2, 0) is 19.4 Å². The number of hydrogen-bond donors (Lipinski definition) is 2. The van der Waals surface area contributed by atoms with Crippen LogP contribution in [0.15, 0.2) is 24.4 Å². The summed E-state index contributed by atoms with van der Waals surface area (Å²) in [4.78, 5) is 6.07. The Hall–Kier alpha value is -1.39. The third-order valence-corrected chi connectivity index (χ3v) is 6.67. The second-order valence-electron chi connectivity index (χ2n) is 7.27. The molecule has 2 aliphatic rings. The fourth-order valence-electron chi connectivity index (χ4n) is 4.10. The lowest BCUT2D eigenvalue weighted by atomic mass is 9.88. The first-order valence-corrected chi connectivity index (χ1v) is 10.1. The van der Waals surface area contributed by atoms with E-state index < -0.39 is 0 Å². The molecule has 1 aromatic carbocycles. The number of nitrogens with one attached hydrogen (secondary N) is 1. The highest BCUT2D eigenvalue weighted by Crippen LogP contribution is 2.34. The van der Waals surface area contributed by atoms with Crippen LogP contribution in [0.2, 0.25) is 0 Å². The Morgan fingerprint density at radius 3 is 2.88 bits per heavy atom. The minimum atomic E-state index is 0.389. The van der Waals surface area contributed by atoms with E-state index in [1.165, 1.54) is 53.1 Å². The van der Waals surface area contributed by atoms with Gasteiger partial charge in [0, 0.05) is 29.6 Å². The lowest BCUT2D eigenvalue weighted by Gasteiger charge is -2.25. The SMILES string of the molecule is Oc1ccc2c(c1)CCC(NCc1cnc(C3CCCCC3)s1)C2. The first-order chi connectivity index (χ1) is 11.8. The maximum Gasteiger partial charge on any atom is 0.115 e. The first-order valence-electron chi connectivity index (χ1n) is 9.26. The van der Waals surface area contributed by atoms with Crippen molar-refractivity contribution in [3.63, 3.8) is 0 Å². The van der Waals surface area contributed by atoms with Gasteiger partial charge in [0.05, 0.1) is 5.01 Å². The number of phenols is 1. The second kappa shape index (κ2) is 7.24. The Balaban J connectivity index is 1.32. The number of phenolic OH excluding ortho intramolecular Hbond substituents is 1. The molecule has 0 radical (unpaired) electrons. The zero-order chi connectivity index (χ0) is 16.4. The predicted octanol–water partition coefficient (Wildman–Crippen LogP) is 4.54. The molecule has 1 heterocycles. The summed E-state index contributed by atoms with van der Waals surface area (Å²) in [5.74, 6) is 1.10. The standard InChI is InChI=1S/C20H26N2OS/c23-18-9-7-15-10-17(8-6-16(15)11-18)21-12-19-13-22-20(24-19)14-4-2-1-3-5-14/h7,9,11,13-14,17,21,23H,1-6,8,10,12H2. The van der Waals surface area contributed by atoms with Gasteiger partial charge in [0.2, 0.25) is 0 Å². The number of aromatic hydroxyl groups is 1. The zero-order valence-electron chi connectivity index (χ0n) is 14.1. The second-order valence-corrected chi connectivity index (χ2v) is 8.42. The van der Waals surface area contributed by atoms with Gasteiger partial charge in [-0.2, -0.15) is 0 Å². The number of benzene rings is 1. The molecule has 2 N–H and O–H groups in total. The van der Waals surface area contributed by atoms with Crippen molar-refractivity contribution in [3.8, 4) is 5.75 Å². The number of aromatic nitrogens is 1.